The molecular formula is C72H48. The van der Waals surface area contributed by atoms with Crippen LogP contribution in [0.4, 0.5) is 0 Å². The number of rotatable bonds is 0. The third-order valence-electron chi connectivity index (χ3n) is 19.6. The number of hydrogen-bond acceptors (Lipinski definition) is 0. The third-order valence-corrected chi connectivity index (χ3v) is 19.6. The molecule has 12 aliphatic rings. The lowest BCUT2D eigenvalue weighted by Crippen LogP contribution is -1.95. The summed E-state index contributed by atoms with van der Waals surface area (Å²) >= 11 is 0. The van der Waals surface area contributed by atoms with Crippen molar-refractivity contribution in [2.24, 2.45) is 0 Å². The molecule has 0 amide bonds. The van der Waals surface area contributed by atoms with E-state index in [1.807, 2.05) is 0 Å². The Balaban J connectivity index is 0.000000112. The first kappa shape index (κ1) is 38.0. The fraction of sp³-hybridized carbons (Fsp3) is 0.167. The smallest absolute Gasteiger partial charge is 0.00104 e. The molecule has 8 aromatic rings. The predicted molar refractivity (Wildman–Crippen MR) is 302 cm³/mol. The van der Waals surface area contributed by atoms with Gasteiger partial charge in [-0.2, -0.15) is 0 Å². The van der Waals surface area contributed by atoms with E-state index in [1.54, 1.807) is 66.9 Å². The van der Waals surface area contributed by atoms with Crippen molar-refractivity contribution in [1.82, 2.24) is 0 Å². The molecule has 0 bridgehead atoms. The van der Waals surface area contributed by atoms with Crippen molar-refractivity contribution < 1.29 is 0 Å². The van der Waals surface area contributed by atoms with Gasteiger partial charge in [0.25, 0.3) is 0 Å². The molecule has 0 heterocycles. The number of hydrogen-bond donors (Lipinski definition) is 0. The van der Waals surface area contributed by atoms with Gasteiger partial charge in [-0.05, 0) is 325 Å². The maximum atomic E-state index is 2.51. The van der Waals surface area contributed by atoms with E-state index in [2.05, 4.69) is 146 Å². The van der Waals surface area contributed by atoms with Crippen LogP contribution in [0.15, 0.2) is 168 Å². The maximum absolute atomic E-state index is 2.51. The lowest BCUT2D eigenvalue weighted by atomic mass is 9.91. The zero-order valence-corrected chi connectivity index (χ0v) is 40.3. The number of fused-ring (bicyclic) bond motifs is 20. The van der Waals surface area contributed by atoms with Crippen molar-refractivity contribution >= 4 is 87.7 Å². The number of benzene rings is 8. The van der Waals surface area contributed by atoms with E-state index < -0.39 is 0 Å². The second-order valence-corrected chi connectivity index (χ2v) is 23.2. The van der Waals surface area contributed by atoms with Crippen molar-refractivity contribution in [1.29, 1.82) is 0 Å². The summed E-state index contributed by atoms with van der Waals surface area (Å²) in [5.74, 6) is 0. The highest BCUT2D eigenvalue weighted by Gasteiger charge is 2.34. The zero-order valence-electron chi connectivity index (χ0n) is 40.3. The van der Waals surface area contributed by atoms with Gasteiger partial charge < -0.3 is 0 Å². The van der Waals surface area contributed by atoms with Gasteiger partial charge in [0.2, 0.25) is 0 Å². The normalized spacial score (nSPS) is 19.6. The van der Waals surface area contributed by atoms with E-state index in [0.717, 1.165) is 77.0 Å². The van der Waals surface area contributed by atoms with Crippen LogP contribution < -0.4 is 0 Å². The summed E-state index contributed by atoms with van der Waals surface area (Å²) in [6.07, 6.45) is 31.9. The van der Waals surface area contributed by atoms with E-state index in [4.69, 9.17) is 0 Å². The Bertz CT molecular complexity index is 4210. The maximum Gasteiger partial charge on any atom is -0.00104 e. The molecule has 0 spiro atoms. The van der Waals surface area contributed by atoms with Crippen LogP contribution in [0.1, 0.15) is 115 Å². The second-order valence-electron chi connectivity index (χ2n) is 23.2. The van der Waals surface area contributed by atoms with Gasteiger partial charge in [0.05, 0.1) is 0 Å². The van der Waals surface area contributed by atoms with Gasteiger partial charge in [-0.25, -0.2) is 0 Å². The topological polar surface area (TPSA) is 0 Å². The summed E-state index contributed by atoms with van der Waals surface area (Å²) in [5.41, 5.74) is 43.0. The quantitative estimate of drug-likeness (QED) is 0.142. The fourth-order valence-corrected chi connectivity index (χ4v) is 16.2. The summed E-state index contributed by atoms with van der Waals surface area (Å²) < 4.78 is 0. The molecule has 0 heteroatoms. The molecule has 0 unspecified atom stereocenters. The zero-order chi connectivity index (χ0) is 46.2. The van der Waals surface area contributed by atoms with Gasteiger partial charge in [0.15, 0.2) is 0 Å². The predicted octanol–water partition coefficient (Wildman–Crippen LogP) is 17.1. The van der Waals surface area contributed by atoms with E-state index >= 15 is 0 Å². The van der Waals surface area contributed by atoms with Gasteiger partial charge in [-0.3, -0.25) is 0 Å². The van der Waals surface area contributed by atoms with Crippen molar-refractivity contribution in [2.45, 2.75) is 77.0 Å². The van der Waals surface area contributed by atoms with Crippen LogP contribution in [0.3, 0.4) is 0 Å². The minimum atomic E-state index is 1.08. The molecule has 0 saturated carbocycles. The molecule has 12 aliphatic carbocycles. The van der Waals surface area contributed by atoms with E-state index in [-0.39, 0.29) is 0 Å². The second kappa shape index (κ2) is 13.2. The molecule has 20 rings (SSSR count). The standard InChI is InChI=1S/2C36H24/c1-3-19-7-25-9-21-15-33-27(11-23(21)13-31(25)29(19)5-1)17-35-34-16-22-10-26-8-20-4-2-6-30(20)32(26)14-24(22)12-28(34)18-36(33)35;1-3-19-7-25-9-21-11-27-17-36-34-16-24-14-32-26(8-20-4-2-6-30(20)32)10-22(24)12-28(34)18-35(36)33(27)15-23(21)13-31(25)29(19)5-1/h2*1-4,9-16H,5-8,17-18H2. The highest BCUT2D eigenvalue weighted by Crippen LogP contribution is 2.53. The summed E-state index contributed by atoms with van der Waals surface area (Å²) in [6.45, 7) is 0. The van der Waals surface area contributed by atoms with Crippen molar-refractivity contribution in [2.75, 3.05) is 0 Å². The Kier molecular flexibility index (Phi) is 6.95. The van der Waals surface area contributed by atoms with Crippen LogP contribution in [0.5, 0.6) is 0 Å². The first-order valence-corrected chi connectivity index (χ1v) is 26.9. The Morgan fingerprint density at radius 1 is 0.181 bits per heavy atom. The largest absolute Gasteiger partial charge is 0.0798 e. The van der Waals surface area contributed by atoms with Gasteiger partial charge in [-0.1, -0.05) is 97.1 Å². The molecule has 336 valence electrons. The summed E-state index contributed by atoms with van der Waals surface area (Å²) in [5, 5.41) is 11.3. The van der Waals surface area contributed by atoms with Crippen LogP contribution in [0.25, 0.3) is 87.7 Å². The minimum Gasteiger partial charge on any atom is -0.0798 e. The van der Waals surface area contributed by atoms with Crippen LogP contribution in [0, 0.1) is 0 Å². The Labute approximate surface area is 419 Å². The molecule has 0 N–H and O–H groups in total. The monoisotopic (exact) mass is 912 g/mol. The fourth-order valence-electron chi connectivity index (χ4n) is 16.2. The molecular weight excluding hydrogens is 865 g/mol. The Hall–Kier alpha value is -7.80. The van der Waals surface area contributed by atoms with Crippen LogP contribution >= 0.6 is 0 Å². The summed E-state index contributed by atoms with van der Waals surface area (Å²) in [7, 11) is 0. The molecule has 0 fully saturated rings. The van der Waals surface area contributed by atoms with Gasteiger partial charge in [-0.15, -0.1) is 0 Å². The molecule has 0 aromatic heterocycles. The SMILES string of the molecule is C1=CC2=C(C1)c1cc3cc4c(cc3cc1C2)C1=C(C4)c2cc3cc4c(cc3cc2C1)C1=C(C=CC1)C4.C1=CC2=C(C1)c1cc3cc4c(cc3cc1C2)CC1=C4Cc2cc3cc4c(cc3cc21)C1=C(C=CC1)C4. The van der Waals surface area contributed by atoms with Gasteiger partial charge >= 0.3 is 0 Å². The highest BCUT2D eigenvalue weighted by molar-refractivity contribution is 6.10. The molecule has 0 atom stereocenters. The summed E-state index contributed by atoms with van der Waals surface area (Å²) in [4.78, 5) is 0. The first-order chi connectivity index (χ1) is 35.5. The van der Waals surface area contributed by atoms with E-state index in [9.17, 15) is 0 Å². The van der Waals surface area contributed by atoms with Crippen LogP contribution in [-0.4, -0.2) is 0 Å². The third kappa shape index (κ3) is 4.98. The van der Waals surface area contributed by atoms with Crippen LogP contribution in [0.2, 0.25) is 0 Å². The lowest BCUT2D eigenvalue weighted by Gasteiger charge is -2.13. The molecule has 72 heavy (non-hydrogen) atoms. The van der Waals surface area contributed by atoms with Crippen molar-refractivity contribution in [3.05, 3.63) is 257 Å². The highest BCUT2D eigenvalue weighted by atomic mass is 14.4. The number of allylic oxidation sites excluding steroid dienone is 20. The van der Waals surface area contributed by atoms with Gasteiger partial charge in [0, 0.05) is 0 Å². The average Bonchev–Trinajstić information content (AvgIpc) is 4.21. The van der Waals surface area contributed by atoms with E-state index in [0.29, 0.717) is 0 Å². The van der Waals surface area contributed by atoms with E-state index in [1.165, 1.54) is 132 Å². The molecule has 0 nitrogen and oxygen atoms in total. The Morgan fingerprint density at radius 3 is 0.597 bits per heavy atom. The minimum absolute atomic E-state index is 1.08. The molecule has 8 aromatic carbocycles. The average molecular weight is 913 g/mol. The van der Waals surface area contributed by atoms with Crippen LogP contribution in [-0.2, 0) is 51.4 Å². The van der Waals surface area contributed by atoms with Crippen molar-refractivity contribution in [3.8, 4) is 0 Å². The first-order valence-electron chi connectivity index (χ1n) is 26.9. The molecule has 0 radical (unpaired) electrons. The Morgan fingerprint density at radius 2 is 0.361 bits per heavy atom. The summed E-state index contributed by atoms with van der Waals surface area (Å²) in [6, 6.07) is 39.9. The molecule has 0 aliphatic heterocycles. The van der Waals surface area contributed by atoms with Gasteiger partial charge in [0.1, 0.15) is 0 Å². The molecule has 0 saturated heterocycles. The van der Waals surface area contributed by atoms with Crippen molar-refractivity contribution in [3.63, 3.8) is 0 Å². The lowest BCUT2D eigenvalue weighted by molar-refractivity contribution is 1.24.